The summed E-state index contributed by atoms with van der Waals surface area (Å²) in [6.45, 7) is 2.29. The molecule has 5 nitrogen and oxygen atoms in total. The second-order valence-corrected chi connectivity index (χ2v) is 6.54. The van der Waals surface area contributed by atoms with Crippen molar-refractivity contribution in [1.82, 2.24) is 4.98 Å². The number of hydrogen-bond acceptors (Lipinski definition) is 4. The summed E-state index contributed by atoms with van der Waals surface area (Å²) >= 11 is 2.97. The number of nitrogens with one attached hydrogen (secondary N) is 1. The van der Waals surface area contributed by atoms with Gasteiger partial charge in [-0.3, -0.25) is 4.72 Å². The van der Waals surface area contributed by atoms with Gasteiger partial charge in [0.05, 0.1) is 27.9 Å². The minimum absolute atomic E-state index is 0.169. The van der Waals surface area contributed by atoms with Crippen LogP contribution in [0.4, 0.5) is 10.1 Å². The van der Waals surface area contributed by atoms with Crippen molar-refractivity contribution in [2.24, 2.45) is 0 Å². The summed E-state index contributed by atoms with van der Waals surface area (Å²) in [4.78, 5) is 3.78. The zero-order valence-electron chi connectivity index (χ0n) is 11.0. The normalized spacial score (nSPS) is 11.2. The average Bonchev–Trinajstić information content (AvgIpc) is 2.44. The number of rotatable bonds is 5. The highest BCUT2D eigenvalue weighted by molar-refractivity contribution is 9.10. The van der Waals surface area contributed by atoms with Crippen molar-refractivity contribution >= 4 is 31.6 Å². The Balaban J connectivity index is 2.22. The van der Waals surface area contributed by atoms with E-state index in [9.17, 15) is 12.8 Å². The molecule has 0 spiro atoms. The Bertz CT molecular complexity index is 736. The Hall–Kier alpha value is -1.67. The number of pyridine rings is 1. The summed E-state index contributed by atoms with van der Waals surface area (Å²) in [5, 5.41) is 0. The Kier molecular flexibility index (Phi) is 4.79. The van der Waals surface area contributed by atoms with Gasteiger partial charge in [-0.1, -0.05) is 0 Å². The Morgan fingerprint density at radius 3 is 2.67 bits per heavy atom. The van der Waals surface area contributed by atoms with Gasteiger partial charge in [-0.25, -0.2) is 17.8 Å². The van der Waals surface area contributed by atoms with Crippen molar-refractivity contribution in [3.63, 3.8) is 0 Å². The molecule has 0 radical (unpaired) electrons. The van der Waals surface area contributed by atoms with E-state index in [0.29, 0.717) is 12.5 Å². The van der Waals surface area contributed by atoms with Crippen LogP contribution >= 0.6 is 15.9 Å². The topological polar surface area (TPSA) is 68.3 Å². The van der Waals surface area contributed by atoms with Crippen LogP contribution in [0.3, 0.4) is 0 Å². The summed E-state index contributed by atoms with van der Waals surface area (Å²) in [5.74, 6) is -0.252. The molecule has 0 fully saturated rings. The lowest BCUT2D eigenvalue weighted by Gasteiger charge is -2.09. The minimum atomic E-state index is -3.87. The number of halogens is 2. The summed E-state index contributed by atoms with van der Waals surface area (Å²) in [5.41, 5.74) is 0.266. The fraction of sp³-hybridized carbons (Fsp3) is 0.154. The molecular formula is C13H12BrFN2O3S. The van der Waals surface area contributed by atoms with Crippen molar-refractivity contribution in [3.05, 3.63) is 46.8 Å². The highest BCUT2D eigenvalue weighted by atomic mass is 79.9. The second-order valence-electron chi connectivity index (χ2n) is 4.00. The molecule has 2 rings (SSSR count). The van der Waals surface area contributed by atoms with Crippen molar-refractivity contribution in [3.8, 4) is 5.88 Å². The molecule has 0 bridgehead atoms. The Labute approximate surface area is 130 Å². The highest BCUT2D eigenvalue weighted by Crippen LogP contribution is 2.22. The molecule has 0 unspecified atom stereocenters. The van der Waals surface area contributed by atoms with Crippen LogP contribution in [0.1, 0.15) is 6.92 Å². The first kappa shape index (κ1) is 15.7. The molecule has 0 aliphatic carbocycles. The number of sulfonamides is 1. The van der Waals surface area contributed by atoms with Crippen LogP contribution in [-0.4, -0.2) is 20.0 Å². The largest absolute Gasteiger partial charge is 0.478 e. The quantitative estimate of drug-likeness (QED) is 0.872. The van der Waals surface area contributed by atoms with Gasteiger partial charge in [0.25, 0.3) is 10.0 Å². The van der Waals surface area contributed by atoms with Crippen LogP contribution in [0, 0.1) is 5.82 Å². The van der Waals surface area contributed by atoms with Crippen LogP contribution < -0.4 is 9.46 Å². The lowest BCUT2D eigenvalue weighted by Crippen LogP contribution is -2.13. The lowest BCUT2D eigenvalue weighted by molar-refractivity contribution is 0.327. The molecule has 0 aliphatic heterocycles. The van der Waals surface area contributed by atoms with Crippen molar-refractivity contribution in [2.75, 3.05) is 11.3 Å². The van der Waals surface area contributed by atoms with Gasteiger partial charge in [0.2, 0.25) is 5.88 Å². The van der Waals surface area contributed by atoms with Gasteiger partial charge < -0.3 is 4.74 Å². The predicted octanol–water partition coefficient (Wildman–Crippen LogP) is 3.18. The lowest BCUT2D eigenvalue weighted by atomic mass is 10.3. The third kappa shape index (κ3) is 3.92. The predicted molar refractivity (Wildman–Crippen MR) is 80.3 cm³/mol. The van der Waals surface area contributed by atoms with Gasteiger partial charge in [0, 0.05) is 6.07 Å². The molecule has 8 heteroatoms. The summed E-state index contributed by atoms with van der Waals surface area (Å²) < 4.78 is 45.3. The molecule has 1 aromatic heterocycles. The maximum Gasteiger partial charge on any atom is 0.262 e. The van der Waals surface area contributed by atoms with Crippen LogP contribution in [0.25, 0.3) is 0 Å². The van der Waals surface area contributed by atoms with E-state index in [2.05, 4.69) is 25.6 Å². The summed E-state index contributed by atoms with van der Waals surface area (Å²) in [6, 6.07) is 6.64. The number of nitrogens with zero attached hydrogens (tertiary/aromatic N) is 1. The smallest absolute Gasteiger partial charge is 0.262 e. The first-order valence-electron chi connectivity index (χ1n) is 5.99. The third-order valence-corrected chi connectivity index (χ3v) is 4.50. The van der Waals surface area contributed by atoms with E-state index in [1.165, 1.54) is 24.4 Å². The molecular weight excluding hydrogens is 363 g/mol. The number of aromatic nitrogens is 1. The van der Waals surface area contributed by atoms with E-state index < -0.39 is 15.8 Å². The molecule has 0 saturated carbocycles. The number of hydrogen-bond donors (Lipinski definition) is 1. The van der Waals surface area contributed by atoms with Crippen LogP contribution in [0.5, 0.6) is 5.88 Å². The summed E-state index contributed by atoms with van der Waals surface area (Å²) in [7, 11) is -3.87. The van der Waals surface area contributed by atoms with Gasteiger partial charge in [0.15, 0.2) is 0 Å². The first-order chi connectivity index (χ1) is 9.92. The van der Waals surface area contributed by atoms with E-state index in [1.807, 2.05) is 6.92 Å². The monoisotopic (exact) mass is 374 g/mol. The molecule has 1 heterocycles. The third-order valence-electron chi connectivity index (χ3n) is 2.48. The van der Waals surface area contributed by atoms with E-state index >= 15 is 0 Å². The SMILES string of the molecule is CCOc1ccc(NS(=O)(=O)c2ccc(Br)c(F)c2)cn1. The zero-order valence-corrected chi connectivity index (χ0v) is 13.4. The molecule has 21 heavy (non-hydrogen) atoms. The molecule has 0 saturated heterocycles. The van der Waals surface area contributed by atoms with Crippen molar-refractivity contribution < 1.29 is 17.5 Å². The fourth-order valence-electron chi connectivity index (χ4n) is 1.53. The van der Waals surface area contributed by atoms with Crippen molar-refractivity contribution in [1.29, 1.82) is 0 Å². The second kappa shape index (κ2) is 6.40. The maximum atomic E-state index is 13.4. The molecule has 0 atom stereocenters. The standard InChI is InChI=1S/C13H12BrFN2O3S/c1-2-20-13-6-3-9(8-16-13)17-21(18,19)10-4-5-11(14)12(15)7-10/h3-8,17H,2H2,1H3. The van der Waals surface area contributed by atoms with Gasteiger partial charge in [-0.2, -0.15) is 0 Å². The molecule has 1 N–H and O–H groups in total. The summed E-state index contributed by atoms with van der Waals surface area (Å²) in [6.07, 6.45) is 1.33. The highest BCUT2D eigenvalue weighted by Gasteiger charge is 2.16. The number of anilines is 1. The molecule has 2 aromatic rings. The van der Waals surface area contributed by atoms with E-state index in [-0.39, 0.29) is 15.1 Å². The number of benzene rings is 1. The van der Waals surface area contributed by atoms with E-state index in [1.54, 1.807) is 6.07 Å². The van der Waals surface area contributed by atoms with E-state index in [4.69, 9.17) is 4.74 Å². The van der Waals surface area contributed by atoms with Gasteiger partial charge >= 0.3 is 0 Å². The van der Waals surface area contributed by atoms with Crippen LogP contribution in [0.2, 0.25) is 0 Å². The molecule has 0 amide bonds. The van der Waals surface area contributed by atoms with E-state index in [0.717, 1.165) is 6.07 Å². The van der Waals surface area contributed by atoms with Gasteiger partial charge in [0.1, 0.15) is 5.82 Å². The molecule has 112 valence electrons. The average molecular weight is 375 g/mol. The minimum Gasteiger partial charge on any atom is -0.478 e. The molecule has 1 aromatic carbocycles. The van der Waals surface area contributed by atoms with Crippen molar-refractivity contribution in [2.45, 2.75) is 11.8 Å². The Morgan fingerprint density at radius 2 is 2.10 bits per heavy atom. The first-order valence-corrected chi connectivity index (χ1v) is 8.26. The van der Waals surface area contributed by atoms with Crippen LogP contribution in [-0.2, 0) is 10.0 Å². The molecule has 0 aliphatic rings. The maximum absolute atomic E-state index is 13.4. The van der Waals surface area contributed by atoms with Crippen LogP contribution in [0.15, 0.2) is 45.9 Å². The zero-order chi connectivity index (χ0) is 15.5. The fourth-order valence-corrected chi connectivity index (χ4v) is 2.83. The van der Waals surface area contributed by atoms with Gasteiger partial charge in [-0.15, -0.1) is 0 Å². The Morgan fingerprint density at radius 1 is 1.33 bits per heavy atom. The van der Waals surface area contributed by atoms with Gasteiger partial charge in [-0.05, 0) is 47.1 Å². The number of ether oxygens (including phenoxy) is 1.